The van der Waals surface area contributed by atoms with Gasteiger partial charge in [-0.3, -0.25) is 4.79 Å². The minimum absolute atomic E-state index is 0.110. The van der Waals surface area contributed by atoms with E-state index in [1.165, 1.54) is 35.2 Å². The molecule has 1 atom stereocenters. The smallest absolute Gasteiger partial charge is 0.406 e. The number of hydrogen-bond acceptors (Lipinski definition) is 5. The average molecular weight is 439 g/mol. The summed E-state index contributed by atoms with van der Waals surface area (Å²) < 4.78 is 68.9. The minimum atomic E-state index is -4.87. The van der Waals surface area contributed by atoms with Gasteiger partial charge in [0.05, 0.1) is 16.5 Å². The molecule has 1 N–H and O–H groups in total. The van der Waals surface area contributed by atoms with E-state index in [0.717, 1.165) is 12.1 Å². The first-order chi connectivity index (χ1) is 14.0. The summed E-state index contributed by atoms with van der Waals surface area (Å²) in [5.41, 5.74) is 0.716. The number of benzene rings is 2. The van der Waals surface area contributed by atoms with E-state index < -0.39 is 34.1 Å². The molecule has 7 nitrogen and oxygen atoms in total. The largest absolute Gasteiger partial charge is 0.573 e. The second kappa shape index (κ2) is 7.97. The van der Waals surface area contributed by atoms with Gasteiger partial charge < -0.3 is 9.64 Å². The summed E-state index contributed by atoms with van der Waals surface area (Å²) in [6.07, 6.45) is -4.75. The molecule has 11 heteroatoms. The van der Waals surface area contributed by atoms with Crippen LogP contribution in [-0.2, 0) is 14.8 Å². The molecule has 158 valence electrons. The van der Waals surface area contributed by atoms with E-state index >= 15 is 0 Å². The molecule has 0 saturated carbocycles. The minimum Gasteiger partial charge on any atom is -0.406 e. The molecule has 1 heterocycles. The highest BCUT2D eigenvalue weighted by molar-refractivity contribution is 7.89. The molecule has 3 rings (SSSR count). The van der Waals surface area contributed by atoms with Crippen LogP contribution in [0.25, 0.3) is 0 Å². The number of hydrogen-bond donors (Lipinski definition) is 1. The average Bonchev–Trinajstić information content (AvgIpc) is 3.00. The molecule has 1 saturated heterocycles. The molecule has 30 heavy (non-hydrogen) atoms. The van der Waals surface area contributed by atoms with Gasteiger partial charge in [-0.1, -0.05) is 12.1 Å². The first kappa shape index (κ1) is 21.6. The van der Waals surface area contributed by atoms with Crippen molar-refractivity contribution in [3.05, 3.63) is 53.6 Å². The number of ether oxygens (including phenoxy) is 1. The number of amides is 1. The maximum Gasteiger partial charge on any atom is 0.573 e. The normalized spacial score (nSPS) is 17.1. The van der Waals surface area contributed by atoms with Crippen LogP contribution in [0, 0.1) is 18.3 Å². The van der Waals surface area contributed by atoms with Crippen molar-refractivity contribution in [1.82, 2.24) is 4.72 Å². The van der Waals surface area contributed by atoms with Crippen LogP contribution in [0.15, 0.2) is 47.4 Å². The zero-order valence-corrected chi connectivity index (χ0v) is 16.4. The Morgan fingerprint density at radius 3 is 2.63 bits per heavy atom. The van der Waals surface area contributed by atoms with Gasteiger partial charge in [0.1, 0.15) is 11.8 Å². The maximum atomic E-state index is 12.7. The molecule has 0 aromatic heterocycles. The molecule has 0 spiro atoms. The summed E-state index contributed by atoms with van der Waals surface area (Å²) in [5.74, 6) is -1.09. The number of carbonyl (C=O) groups is 1. The Hall–Kier alpha value is -3.10. The fourth-order valence-corrected chi connectivity index (χ4v) is 4.60. The molecule has 1 aliphatic rings. The standard InChI is InChI=1S/C19H16F3N3O4S/c1-12-5-6-13(11-23)9-17(12)30(27,28)24-16-7-8-25(18(16)26)14-3-2-4-15(10-14)29-19(20,21)22/h2-6,9-10,16,24H,7-8H2,1H3. The van der Waals surface area contributed by atoms with Crippen molar-refractivity contribution in [1.29, 1.82) is 5.26 Å². The highest BCUT2D eigenvalue weighted by Crippen LogP contribution is 2.29. The Morgan fingerprint density at radius 2 is 1.97 bits per heavy atom. The van der Waals surface area contributed by atoms with Gasteiger partial charge in [-0.05, 0) is 43.2 Å². The first-order valence-electron chi connectivity index (χ1n) is 8.70. The molecule has 0 aliphatic carbocycles. The molecule has 0 bridgehead atoms. The Bertz CT molecular complexity index is 1130. The van der Waals surface area contributed by atoms with Crippen LogP contribution in [-0.4, -0.2) is 33.3 Å². The summed E-state index contributed by atoms with van der Waals surface area (Å²) in [7, 11) is -4.10. The number of halogens is 3. The zero-order chi connectivity index (χ0) is 22.1. The van der Waals surface area contributed by atoms with E-state index in [2.05, 4.69) is 9.46 Å². The SMILES string of the molecule is Cc1ccc(C#N)cc1S(=O)(=O)NC1CCN(c2cccc(OC(F)(F)F)c2)C1=O. The Kier molecular flexibility index (Phi) is 5.74. The van der Waals surface area contributed by atoms with Gasteiger partial charge in [0, 0.05) is 18.3 Å². The van der Waals surface area contributed by atoms with E-state index in [1.54, 1.807) is 6.92 Å². The topological polar surface area (TPSA) is 99.5 Å². The number of aryl methyl sites for hydroxylation is 1. The van der Waals surface area contributed by atoms with Gasteiger partial charge in [-0.15, -0.1) is 13.2 Å². The fraction of sp³-hybridized carbons (Fsp3) is 0.263. The molecule has 1 fully saturated rings. The Balaban J connectivity index is 1.79. The first-order valence-corrected chi connectivity index (χ1v) is 10.2. The summed E-state index contributed by atoms with van der Waals surface area (Å²) in [6.45, 7) is 1.67. The molecule has 2 aromatic carbocycles. The lowest BCUT2D eigenvalue weighted by Crippen LogP contribution is -2.41. The lowest BCUT2D eigenvalue weighted by molar-refractivity contribution is -0.274. The summed E-state index contributed by atoms with van der Waals surface area (Å²) >= 11 is 0. The highest BCUT2D eigenvalue weighted by atomic mass is 32.2. The predicted octanol–water partition coefficient (Wildman–Crippen LogP) is 2.85. The second-order valence-electron chi connectivity index (χ2n) is 6.59. The number of sulfonamides is 1. The summed E-state index contributed by atoms with van der Waals surface area (Å²) in [5, 5.41) is 8.99. The van der Waals surface area contributed by atoms with E-state index in [9.17, 15) is 26.4 Å². The third-order valence-electron chi connectivity index (χ3n) is 4.47. The number of nitrogens with zero attached hydrogens (tertiary/aromatic N) is 2. The number of rotatable bonds is 5. The van der Waals surface area contributed by atoms with Crippen molar-refractivity contribution < 1.29 is 31.1 Å². The maximum absolute atomic E-state index is 12.7. The number of nitrogens with one attached hydrogen (secondary N) is 1. The van der Waals surface area contributed by atoms with Crippen molar-refractivity contribution in [2.75, 3.05) is 11.4 Å². The molecule has 1 unspecified atom stereocenters. The van der Waals surface area contributed by atoms with Crippen LogP contribution in [0.1, 0.15) is 17.5 Å². The monoisotopic (exact) mass is 439 g/mol. The lowest BCUT2D eigenvalue weighted by Gasteiger charge is -2.19. The van der Waals surface area contributed by atoms with Crippen molar-refractivity contribution in [3.63, 3.8) is 0 Å². The van der Waals surface area contributed by atoms with Crippen LogP contribution in [0.3, 0.4) is 0 Å². The van der Waals surface area contributed by atoms with Gasteiger partial charge in [0.15, 0.2) is 0 Å². The van der Waals surface area contributed by atoms with Crippen molar-refractivity contribution in [2.45, 2.75) is 30.6 Å². The highest BCUT2D eigenvalue weighted by Gasteiger charge is 2.37. The third kappa shape index (κ3) is 4.72. The number of alkyl halides is 3. The lowest BCUT2D eigenvalue weighted by atomic mass is 10.2. The van der Waals surface area contributed by atoms with E-state index in [1.807, 2.05) is 6.07 Å². The Labute approximate surface area is 170 Å². The van der Waals surface area contributed by atoms with Gasteiger partial charge in [-0.25, -0.2) is 8.42 Å². The van der Waals surface area contributed by atoms with Crippen LogP contribution in [0.2, 0.25) is 0 Å². The van der Waals surface area contributed by atoms with Crippen LogP contribution >= 0.6 is 0 Å². The number of carbonyl (C=O) groups excluding carboxylic acids is 1. The predicted molar refractivity (Wildman–Crippen MR) is 100 cm³/mol. The zero-order valence-electron chi connectivity index (χ0n) is 15.6. The Morgan fingerprint density at radius 1 is 1.23 bits per heavy atom. The van der Waals surface area contributed by atoms with Gasteiger partial charge in [0.2, 0.25) is 15.9 Å². The van der Waals surface area contributed by atoms with Crippen LogP contribution in [0.4, 0.5) is 18.9 Å². The molecule has 1 aliphatic heterocycles. The molecule has 1 amide bonds. The van der Waals surface area contributed by atoms with Crippen molar-refractivity contribution >= 4 is 21.6 Å². The number of anilines is 1. The van der Waals surface area contributed by atoms with Gasteiger partial charge >= 0.3 is 6.36 Å². The molecule has 2 aromatic rings. The number of nitriles is 1. The molecular weight excluding hydrogens is 423 g/mol. The second-order valence-corrected chi connectivity index (χ2v) is 8.27. The fourth-order valence-electron chi connectivity index (χ4n) is 3.10. The van der Waals surface area contributed by atoms with Crippen LogP contribution in [0.5, 0.6) is 5.75 Å². The summed E-state index contributed by atoms with van der Waals surface area (Å²) in [6, 6.07) is 9.84. The van der Waals surface area contributed by atoms with Crippen LogP contribution < -0.4 is 14.4 Å². The molecule has 0 radical (unpaired) electrons. The van der Waals surface area contributed by atoms with Crippen molar-refractivity contribution in [3.8, 4) is 11.8 Å². The quantitative estimate of drug-likeness (QED) is 0.772. The third-order valence-corrected chi connectivity index (χ3v) is 6.09. The van der Waals surface area contributed by atoms with E-state index in [4.69, 9.17) is 5.26 Å². The van der Waals surface area contributed by atoms with E-state index in [-0.39, 0.29) is 29.1 Å². The summed E-state index contributed by atoms with van der Waals surface area (Å²) in [4.78, 5) is 13.8. The van der Waals surface area contributed by atoms with Gasteiger partial charge in [-0.2, -0.15) is 9.98 Å². The van der Waals surface area contributed by atoms with E-state index in [0.29, 0.717) is 5.56 Å². The molecular formula is C19H16F3N3O4S. The van der Waals surface area contributed by atoms with Gasteiger partial charge in [0.25, 0.3) is 0 Å². The van der Waals surface area contributed by atoms with Crippen molar-refractivity contribution in [2.24, 2.45) is 0 Å².